The van der Waals surface area contributed by atoms with Crippen molar-refractivity contribution in [2.75, 3.05) is 35.0 Å². The van der Waals surface area contributed by atoms with Gasteiger partial charge in [-0.05, 0) is 38.5 Å². The molecule has 3 rings (SSSR count). The minimum absolute atomic E-state index is 0.0422. The van der Waals surface area contributed by atoms with Crippen molar-refractivity contribution in [1.29, 1.82) is 0 Å². The fraction of sp³-hybridized carbons (Fsp3) is 0.765. The molecule has 146 valence electrons. The van der Waals surface area contributed by atoms with Crippen molar-refractivity contribution in [3.8, 4) is 0 Å². The van der Waals surface area contributed by atoms with Gasteiger partial charge in [-0.1, -0.05) is 18.7 Å². The molecule has 26 heavy (non-hydrogen) atoms. The Hall–Kier alpha value is -1.29. The van der Waals surface area contributed by atoms with Crippen molar-refractivity contribution in [2.24, 2.45) is 5.84 Å². The zero-order valence-corrected chi connectivity index (χ0v) is 16.2. The van der Waals surface area contributed by atoms with E-state index in [2.05, 4.69) is 22.2 Å². The van der Waals surface area contributed by atoms with E-state index in [1.807, 2.05) is 0 Å². The molecule has 1 unspecified atom stereocenters. The second-order valence-electron chi connectivity index (χ2n) is 6.95. The van der Waals surface area contributed by atoms with Crippen molar-refractivity contribution in [2.45, 2.75) is 68.8 Å². The Morgan fingerprint density at radius 1 is 1.31 bits per heavy atom. The van der Waals surface area contributed by atoms with E-state index in [0.717, 1.165) is 44.3 Å². The summed E-state index contributed by atoms with van der Waals surface area (Å²) in [6.45, 7) is 2.54. The van der Waals surface area contributed by atoms with Crippen LogP contribution in [0.3, 0.4) is 0 Å². The number of nitrogens with zero attached hydrogens (tertiary/aromatic N) is 3. The number of hydrogen-bond donors (Lipinski definition) is 4. The molecular formula is C17H30N6O2S. The third-order valence-corrected chi connectivity index (χ3v) is 5.75. The molecule has 6 N–H and O–H groups in total. The summed E-state index contributed by atoms with van der Waals surface area (Å²) in [7, 11) is 0. The third-order valence-electron chi connectivity index (χ3n) is 4.70. The first-order valence-electron chi connectivity index (χ1n) is 9.45. The lowest BCUT2D eigenvalue weighted by Crippen LogP contribution is -2.41. The molecule has 8 nitrogen and oxygen atoms in total. The molecule has 0 bridgehead atoms. The SMILES string of the molecule is CCCSc1nc(NC2CC2)c(N)c(N(N)[C@H]2CCC(OCCO)C2)n1. The number of nitrogen functional groups attached to an aromatic ring is 1. The second-order valence-corrected chi connectivity index (χ2v) is 8.01. The lowest BCUT2D eigenvalue weighted by molar-refractivity contribution is 0.0322. The number of thioether (sulfide) groups is 1. The highest BCUT2D eigenvalue weighted by molar-refractivity contribution is 7.99. The number of aliphatic hydroxyl groups excluding tert-OH is 1. The molecule has 0 aliphatic heterocycles. The molecule has 9 heteroatoms. The van der Waals surface area contributed by atoms with E-state index in [1.165, 1.54) is 0 Å². The van der Waals surface area contributed by atoms with E-state index < -0.39 is 0 Å². The Labute approximate surface area is 159 Å². The Morgan fingerprint density at radius 2 is 2.12 bits per heavy atom. The van der Waals surface area contributed by atoms with Crippen LogP contribution in [-0.4, -0.2) is 52.2 Å². The molecule has 2 atom stereocenters. The third kappa shape index (κ3) is 4.91. The summed E-state index contributed by atoms with van der Waals surface area (Å²) in [5, 5.41) is 14.7. The number of aromatic nitrogens is 2. The smallest absolute Gasteiger partial charge is 0.191 e. The van der Waals surface area contributed by atoms with Crippen molar-refractivity contribution in [3.05, 3.63) is 0 Å². The van der Waals surface area contributed by atoms with E-state index in [4.69, 9.17) is 21.4 Å². The van der Waals surface area contributed by atoms with Crippen LogP contribution in [0.1, 0.15) is 45.4 Å². The zero-order chi connectivity index (χ0) is 18.5. The van der Waals surface area contributed by atoms with Crippen LogP contribution in [0.15, 0.2) is 5.16 Å². The van der Waals surface area contributed by atoms with Gasteiger partial charge < -0.3 is 20.9 Å². The van der Waals surface area contributed by atoms with Crippen molar-refractivity contribution in [3.63, 3.8) is 0 Å². The predicted molar refractivity (Wildman–Crippen MR) is 105 cm³/mol. The van der Waals surface area contributed by atoms with Gasteiger partial charge in [0.15, 0.2) is 16.8 Å². The highest BCUT2D eigenvalue weighted by Gasteiger charge is 2.32. The molecule has 0 radical (unpaired) electrons. The van der Waals surface area contributed by atoms with E-state index in [9.17, 15) is 0 Å². The lowest BCUT2D eigenvalue weighted by Gasteiger charge is -2.27. The van der Waals surface area contributed by atoms with Crippen LogP contribution in [0.5, 0.6) is 0 Å². The second kappa shape index (κ2) is 9.07. The van der Waals surface area contributed by atoms with Gasteiger partial charge in [-0.3, -0.25) is 5.01 Å². The van der Waals surface area contributed by atoms with Crippen LogP contribution in [0.4, 0.5) is 17.3 Å². The lowest BCUT2D eigenvalue weighted by atomic mass is 10.2. The molecule has 0 spiro atoms. The number of nitrogens with two attached hydrogens (primary N) is 2. The summed E-state index contributed by atoms with van der Waals surface area (Å²) >= 11 is 1.62. The molecular weight excluding hydrogens is 352 g/mol. The van der Waals surface area contributed by atoms with Crippen molar-refractivity contribution < 1.29 is 9.84 Å². The average Bonchev–Trinajstić information content (AvgIpc) is 3.33. The average molecular weight is 383 g/mol. The molecule has 2 saturated carbocycles. The Balaban J connectivity index is 1.75. The first-order valence-corrected chi connectivity index (χ1v) is 10.4. The van der Waals surface area contributed by atoms with Gasteiger partial charge in [-0.15, -0.1) is 0 Å². The minimum atomic E-state index is 0.0422. The highest BCUT2D eigenvalue weighted by Crippen LogP contribution is 2.36. The highest BCUT2D eigenvalue weighted by atomic mass is 32.2. The first kappa shape index (κ1) is 19.5. The van der Waals surface area contributed by atoms with Gasteiger partial charge in [-0.2, -0.15) is 0 Å². The van der Waals surface area contributed by atoms with Gasteiger partial charge in [0.05, 0.1) is 19.3 Å². The minimum Gasteiger partial charge on any atom is -0.394 e. The van der Waals surface area contributed by atoms with Crippen LogP contribution >= 0.6 is 11.8 Å². The summed E-state index contributed by atoms with van der Waals surface area (Å²) in [5.41, 5.74) is 6.87. The maximum Gasteiger partial charge on any atom is 0.191 e. The molecule has 2 aliphatic carbocycles. The molecule has 0 amide bonds. The quantitative estimate of drug-likeness (QED) is 0.207. The van der Waals surface area contributed by atoms with Gasteiger partial charge >= 0.3 is 0 Å². The standard InChI is InChI=1S/C17H30N6O2S/c1-2-9-26-17-21-15(20-11-3-4-11)14(18)16(22-17)23(19)12-5-6-13(10-12)25-8-7-24/h11-13,24H,2-10,18-19H2,1H3,(H,20,21,22)/t12-,13?/m0/s1. The largest absolute Gasteiger partial charge is 0.394 e. The van der Waals surface area contributed by atoms with Crippen molar-refractivity contribution in [1.82, 2.24) is 9.97 Å². The monoisotopic (exact) mass is 382 g/mol. The fourth-order valence-electron chi connectivity index (χ4n) is 3.14. The van der Waals surface area contributed by atoms with E-state index in [1.54, 1.807) is 16.8 Å². The predicted octanol–water partition coefficient (Wildman–Crippen LogP) is 1.75. The molecule has 2 aliphatic rings. The van der Waals surface area contributed by atoms with Gasteiger partial charge in [0.25, 0.3) is 0 Å². The van der Waals surface area contributed by atoms with Crippen LogP contribution in [0.2, 0.25) is 0 Å². The Bertz CT molecular complexity index is 601. The Morgan fingerprint density at radius 3 is 2.81 bits per heavy atom. The molecule has 0 saturated heterocycles. The van der Waals surface area contributed by atoms with Gasteiger partial charge in [0.1, 0.15) is 5.69 Å². The zero-order valence-electron chi connectivity index (χ0n) is 15.4. The molecule has 1 heterocycles. The number of hydrogen-bond acceptors (Lipinski definition) is 9. The summed E-state index contributed by atoms with van der Waals surface area (Å²) in [6.07, 6.45) is 6.12. The maximum absolute atomic E-state index is 8.92. The van der Waals surface area contributed by atoms with E-state index >= 15 is 0 Å². The number of hydrazine groups is 1. The summed E-state index contributed by atoms with van der Waals surface area (Å²) in [6, 6.07) is 0.576. The first-order chi connectivity index (χ1) is 12.6. The molecule has 2 fully saturated rings. The summed E-state index contributed by atoms with van der Waals surface area (Å²) in [5.74, 6) is 8.67. The Kier molecular flexibility index (Phi) is 6.80. The number of rotatable bonds is 10. The number of ether oxygens (including phenoxy) is 1. The topological polar surface area (TPSA) is 123 Å². The van der Waals surface area contributed by atoms with Crippen LogP contribution in [-0.2, 0) is 4.74 Å². The van der Waals surface area contributed by atoms with Gasteiger partial charge in [0, 0.05) is 17.8 Å². The van der Waals surface area contributed by atoms with Crippen LogP contribution in [0, 0.1) is 0 Å². The van der Waals surface area contributed by atoms with Gasteiger partial charge in [-0.25, -0.2) is 15.8 Å². The number of aliphatic hydroxyl groups is 1. The summed E-state index contributed by atoms with van der Waals surface area (Å²) < 4.78 is 5.65. The molecule has 1 aromatic heterocycles. The van der Waals surface area contributed by atoms with Crippen LogP contribution in [0.25, 0.3) is 0 Å². The fourth-order valence-corrected chi connectivity index (χ4v) is 3.83. The molecule has 1 aromatic rings. The van der Waals surface area contributed by atoms with E-state index in [0.29, 0.717) is 35.1 Å². The summed E-state index contributed by atoms with van der Waals surface area (Å²) in [4.78, 5) is 9.23. The van der Waals surface area contributed by atoms with Crippen LogP contribution < -0.4 is 21.9 Å². The molecule has 0 aromatic carbocycles. The van der Waals surface area contributed by atoms with Crippen molar-refractivity contribution >= 4 is 29.1 Å². The van der Waals surface area contributed by atoms with Gasteiger partial charge in [0.2, 0.25) is 0 Å². The number of nitrogens with one attached hydrogen (secondary N) is 1. The van der Waals surface area contributed by atoms with E-state index in [-0.39, 0.29) is 18.8 Å². The maximum atomic E-state index is 8.92. The normalized spacial score (nSPS) is 22.6. The number of anilines is 3.